The molecular weight excluding hydrogens is 456 g/mol. The molecule has 12 heteroatoms. The Kier molecular flexibility index (Phi) is 7.51. The van der Waals surface area contributed by atoms with Gasteiger partial charge in [0.2, 0.25) is 0 Å². The van der Waals surface area contributed by atoms with Gasteiger partial charge < -0.3 is 19.2 Å². The summed E-state index contributed by atoms with van der Waals surface area (Å²) in [5.74, 6) is -3.05. The standard InChI is InChI=1S/C22H19F2N3O7/c1-12(22(29)26-16-7-6-13(32-2)10-17(16)27(30)31)33-20(28)9-8-19-25-11-18(34-19)21-14(23)4-3-5-15(21)24/h3-7,10-12H,8-9H2,1-2H3,(H,26,29). The second-order valence-corrected chi connectivity index (χ2v) is 6.98. The van der Waals surface area contributed by atoms with E-state index in [4.69, 9.17) is 13.9 Å². The molecule has 1 aromatic heterocycles. The summed E-state index contributed by atoms with van der Waals surface area (Å²) >= 11 is 0. The number of esters is 1. The number of nitrogens with zero attached hydrogens (tertiary/aromatic N) is 2. The highest BCUT2D eigenvalue weighted by Crippen LogP contribution is 2.29. The lowest BCUT2D eigenvalue weighted by molar-refractivity contribution is -0.384. The normalized spacial score (nSPS) is 11.5. The molecule has 0 aliphatic heterocycles. The molecule has 0 saturated carbocycles. The van der Waals surface area contributed by atoms with Gasteiger partial charge in [0, 0.05) is 6.42 Å². The number of aromatic nitrogens is 1. The Labute approximate surface area is 191 Å². The number of benzene rings is 2. The van der Waals surface area contributed by atoms with Gasteiger partial charge in [-0.1, -0.05) is 6.07 Å². The highest BCUT2D eigenvalue weighted by molar-refractivity contribution is 5.97. The second kappa shape index (κ2) is 10.5. The van der Waals surface area contributed by atoms with E-state index >= 15 is 0 Å². The number of methoxy groups -OCH3 is 1. The SMILES string of the molecule is COc1ccc(NC(=O)C(C)OC(=O)CCc2ncc(-c3c(F)cccc3F)o2)c([N+](=O)[O-])c1. The van der Waals surface area contributed by atoms with E-state index in [1.54, 1.807) is 0 Å². The van der Waals surface area contributed by atoms with Crippen LogP contribution in [0.15, 0.2) is 47.0 Å². The van der Waals surface area contributed by atoms with Gasteiger partial charge in [0.25, 0.3) is 11.6 Å². The lowest BCUT2D eigenvalue weighted by Gasteiger charge is -2.13. The van der Waals surface area contributed by atoms with Gasteiger partial charge in [-0.3, -0.25) is 19.7 Å². The molecule has 3 aromatic rings. The van der Waals surface area contributed by atoms with Gasteiger partial charge in [0.1, 0.15) is 23.1 Å². The number of ether oxygens (including phenoxy) is 2. The number of anilines is 1. The van der Waals surface area contributed by atoms with Crippen molar-refractivity contribution in [2.75, 3.05) is 12.4 Å². The number of hydrogen-bond acceptors (Lipinski definition) is 8. The van der Waals surface area contributed by atoms with Crippen LogP contribution in [0, 0.1) is 21.7 Å². The van der Waals surface area contributed by atoms with Crippen molar-refractivity contribution in [3.63, 3.8) is 0 Å². The van der Waals surface area contributed by atoms with Crippen molar-refractivity contribution in [2.24, 2.45) is 0 Å². The first-order chi connectivity index (χ1) is 16.2. The predicted octanol–water partition coefficient (Wildman–Crippen LogP) is 4.04. The van der Waals surface area contributed by atoms with Crippen LogP contribution < -0.4 is 10.1 Å². The van der Waals surface area contributed by atoms with Gasteiger partial charge in [-0.15, -0.1) is 0 Å². The number of carbonyl (C=O) groups is 2. The van der Waals surface area contributed by atoms with Gasteiger partial charge in [-0.2, -0.15) is 0 Å². The fourth-order valence-corrected chi connectivity index (χ4v) is 2.92. The number of nitrogens with one attached hydrogen (secondary N) is 1. The number of carbonyl (C=O) groups excluding carboxylic acids is 2. The zero-order valence-electron chi connectivity index (χ0n) is 18.0. The molecule has 0 spiro atoms. The van der Waals surface area contributed by atoms with E-state index in [9.17, 15) is 28.5 Å². The van der Waals surface area contributed by atoms with Crippen molar-refractivity contribution in [1.82, 2.24) is 4.98 Å². The Morgan fingerprint density at radius 3 is 2.59 bits per heavy atom. The van der Waals surface area contributed by atoms with Crippen molar-refractivity contribution < 1.29 is 37.2 Å². The Bertz CT molecular complexity index is 1210. The number of aryl methyl sites for hydroxylation is 1. The third-order valence-electron chi connectivity index (χ3n) is 4.64. The fraction of sp³-hybridized carbons (Fsp3) is 0.227. The lowest BCUT2D eigenvalue weighted by Crippen LogP contribution is -2.30. The number of hydrogen-bond donors (Lipinski definition) is 1. The average molecular weight is 475 g/mol. The lowest BCUT2D eigenvalue weighted by atomic mass is 10.1. The first-order valence-electron chi connectivity index (χ1n) is 9.91. The Balaban J connectivity index is 1.56. The minimum absolute atomic E-state index is 0.0422. The van der Waals surface area contributed by atoms with Crippen LogP contribution in [-0.4, -0.2) is 35.0 Å². The van der Waals surface area contributed by atoms with E-state index < -0.39 is 40.2 Å². The molecule has 1 amide bonds. The minimum atomic E-state index is -1.26. The van der Waals surface area contributed by atoms with Gasteiger partial charge in [-0.05, 0) is 31.2 Å². The van der Waals surface area contributed by atoms with E-state index in [1.165, 1.54) is 32.2 Å². The molecular formula is C22H19F2N3O7. The maximum absolute atomic E-state index is 13.9. The average Bonchev–Trinajstić information content (AvgIpc) is 3.26. The summed E-state index contributed by atoms with van der Waals surface area (Å²) in [7, 11) is 1.34. The summed E-state index contributed by atoms with van der Waals surface area (Å²) < 4.78 is 43.0. The number of nitro benzene ring substituents is 1. The molecule has 1 atom stereocenters. The molecule has 34 heavy (non-hydrogen) atoms. The van der Waals surface area contributed by atoms with Crippen molar-refractivity contribution in [1.29, 1.82) is 0 Å². The van der Waals surface area contributed by atoms with Crippen LogP contribution in [0.25, 0.3) is 11.3 Å². The number of halogens is 2. The monoisotopic (exact) mass is 475 g/mol. The molecule has 1 N–H and O–H groups in total. The van der Waals surface area contributed by atoms with Crippen molar-refractivity contribution in [3.8, 4) is 17.1 Å². The third-order valence-corrected chi connectivity index (χ3v) is 4.64. The molecule has 0 aliphatic rings. The Hall–Kier alpha value is -4.35. The van der Waals surface area contributed by atoms with Crippen LogP contribution in [0.3, 0.4) is 0 Å². The van der Waals surface area contributed by atoms with Crippen LogP contribution in [0.2, 0.25) is 0 Å². The number of rotatable bonds is 9. The topological polar surface area (TPSA) is 134 Å². The van der Waals surface area contributed by atoms with Crippen molar-refractivity contribution >= 4 is 23.3 Å². The first kappa shape index (κ1) is 24.3. The predicted molar refractivity (Wildman–Crippen MR) is 114 cm³/mol. The largest absolute Gasteiger partial charge is 0.496 e. The van der Waals surface area contributed by atoms with E-state index in [2.05, 4.69) is 10.3 Å². The highest BCUT2D eigenvalue weighted by atomic mass is 19.1. The van der Waals surface area contributed by atoms with E-state index in [0.717, 1.165) is 24.4 Å². The molecule has 0 fully saturated rings. The molecule has 0 bridgehead atoms. The van der Waals surface area contributed by atoms with E-state index in [0.29, 0.717) is 0 Å². The summed E-state index contributed by atoms with van der Waals surface area (Å²) in [6.07, 6.45) is -0.408. The van der Waals surface area contributed by atoms with E-state index in [-0.39, 0.29) is 41.5 Å². The molecule has 3 rings (SSSR count). The molecule has 0 saturated heterocycles. The van der Waals surface area contributed by atoms with Crippen LogP contribution in [0.1, 0.15) is 19.2 Å². The smallest absolute Gasteiger partial charge is 0.307 e. The van der Waals surface area contributed by atoms with Crippen LogP contribution in [0.5, 0.6) is 5.75 Å². The van der Waals surface area contributed by atoms with Crippen LogP contribution >= 0.6 is 0 Å². The molecule has 0 aliphatic carbocycles. The number of oxazole rings is 1. The molecule has 0 radical (unpaired) electrons. The Morgan fingerprint density at radius 2 is 1.94 bits per heavy atom. The molecule has 1 heterocycles. The molecule has 10 nitrogen and oxygen atoms in total. The van der Waals surface area contributed by atoms with Gasteiger partial charge in [-0.25, -0.2) is 13.8 Å². The van der Waals surface area contributed by atoms with Gasteiger partial charge in [0.15, 0.2) is 17.8 Å². The highest BCUT2D eigenvalue weighted by Gasteiger charge is 2.23. The van der Waals surface area contributed by atoms with Crippen LogP contribution in [-0.2, 0) is 20.7 Å². The van der Waals surface area contributed by atoms with E-state index in [1.807, 2.05) is 0 Å². The molecule has 1 unspecified atom stereocenters. The second-order valence-electron chi connectivity index (χ2n) is 6.98. The zero-order chi connectivity index (χ0) is 24.8. The quantitative estimate of drug-likeness (QED) is 0.278. The third kappa shape index (κ3) is 5.71. The van der Waals surface area contributed by atoms with Crippen molar-refractivity contribution in [3.05, 3.63) is 70.2 Å². The van der Waals surface area contributed by atoms with Crippen molar-refractivity contribution in [2.45, 2.75) is 25.9 Å². The van der Waals surface area contributed by atoms with Gasteiger partial charge >= 0.3 is 5.97 Å². The summed E-state index contributed by atoms with van der Waals surface area (Å²) in [5.41, 5.74) is -0.856. The molecule has 2 aromatic carbocycles. The maximum Gasteiger partial charge on any atom is 0.307 e. The summed E-state index contributed by atoms with van der Waals surface area (Å²) in [4.78, 5) is 38.9. The minimum Gasteiger partial charge on any atom is -0.496 e. The van der Waals surface area contributed by atoms with Crippen LogP contribution in [0.4, 0.5) is 20.2 Å². The number of amides is 1. The summed E-state index contributed by atoms with van der Waals surface area (Å²) in [6, 6.07) is 7.23. The fourth-order valence-electron chi connectivity index (χ4n) is 2.92. The number of nitro groups is 1. The summed E-state index contributed by atoms with van der Waals surface area (Å²) in [5, 5.41) is 13.6. The Morgan fingerprint density at radius 1 is 1.24 bits per heavy atom. The molecule has 178 valence electrons. The summed E-state index contributed by atoms with van der Waals surface area (Å²) in [6.45, 7) is 1.30. The zero-order valence-corrected chi connectivity index (χ0v) is 18.0. The van der Waals surface area contributed by atoms with Gasteiger partial charge in [0.05, 0.1) is 36.3 Å². The first-order valence-corrected chi connectivity index (χ1v) is 9.91. The maximum atomic E-state index is 13.9.